The quantitative estimate of drug-likeness (QED) is 0.666. The van der Waals surface area contributed by atoms with Crippen LogP contribution in [-0.4, -0.2) is 48.7 Å². The molecule has 1 spiro atoms. The molecule has 1 N–H and O–H groups in total. The van der Waals surface area contributed by atoms with Gasteiger partial charge in [-0.1, -0.05) is 32.0 Å². The van der Waals surface area contributed by atoms with Crippen LogP contribution in [0.25, 0.3) is 0 Å². The van der Waals surface area contributed by atoms with Crippen molar-refractivity contribution in [2.45, 2.75) is 70.1 Å². The number of methoxy groups -OCH3 is 1. The molecule has 1 saturated heterocycles. The van der Waals surface area contributed by atoms with Gasteiger partial charge in [0.05, 0.1) is 24.1 Å². The highest BCUT2D eigenvalue weighted by Crippen LogP contribution is 2.62. The fourth-order valence-corrected chi connectivity index (χ4v) is 7.62. The monoisotopic (exact) mass is 473 g/mol. The second-order valence-electron chi connectivity index (χ2n) is 11.2. The molecule has 183 valence electrons. The van der Waals surface area contributed by atoms with Gasteiger partial charge in [0.1, 0.15) is 6.10 Å². The molecule has 35 heavy (non-hydrogen) atoms. The summed E-state index contributed by atoms with van der Waals surface area (Å²) in [4.78, 5) is 28.0. The first-order valence-electron chi connectivity index (χ1n) is 12.6. The van der Waals surface area contributed by atoms with Crippen LogP contribution in [0.2, 0.25) is 0 Å². The number of likely N-dealkylation sites (tertiary alicyclic amines) is 1. The summed E-state index contributed by atoms with van der Waals surface area (Å²) in [5, 5.41) is 3.61. The van der Waals surface area contributed by atoms with Crippen LogP contribution in [0.5, 0.6) is 0 Å². The Morgan fingerprint density at radius 3 is 2.71 bits per heavy atom. The summed E-state index contributed by atoms with van der Waals surface area (Å²) >= 11 is 0. The lowest BCUT2D eigenvalue weighted by molar-refractivity contribution is -0.153. The fraction of sp³-hybridized carbons (Fsp3) is 0.483. The third-order valence-corrected chi connectivity index (χ3v) is 8.90. The van der Waals surface area contributed by atoms with Gasteiger partial charge in [-0.3, -0.25) is 9.69 Å². The van der Waals surface area contributed by atoms with Crippen LogP contribution in [-0.2, 0) is 24.5 Å². The van der Waals surface area contributed by atoms with E-state index >= 15 is 0 Å². The van der Waals surface area contributed by atoms with Crippen molar-refractivity contribution in [1.29, 1.82) is 0 Å². The number of fused-ring (bicyclic) bond motifs is 2. The molecule has 0 amide bonds. The summed E-state index contributed by atoms with van der Waals surface area (Å²) in [6.07, 6.45) is 9.62. The van der Waals surface area contributed by atoms with E-state index in [-0.39, 0.29) is 29.4 Å². The largest absolute Gasteiger partial charge is 0.466 e. The van der Waals surface area contributed by atoms with Crippen molar-refractivity contribution >= 4 is 17.6 Å². The van der Waals surface area contributed by atoms with Crippen molar-refractivity contribution in [3.63, 3.8) is 0 Å². The summed E-state index contributed by atoms with van der Waals surface area (Å²) in [6.45, 7) is 7.04. The molecule has 6 nitrogen and oxygen atoms in total. The molecular weight excluding hydrogens is 440 g/mol. The molecule has 3 fully saturated rings. The third kappa shape index (κ3) is 3.24. The summed E-state index contributed by atoms with van der Waals surface area (Å²) in [7, 11) is 1.42. The summed E-state index contributed by atoms with van der Waals surface area (Å²) in [5.74, 6) is 2.14. The minimum absolute atomic E-state index is 0.0612. The normalized spacial score (nSPS) is 34.0. The van der Waals surface area contributed by atoms with E-state index in [9.17, 15) is 9.59 Å². The molecule has 2 aliphatic heterocycles. The molecule has 0 unspecified atom stereocenters. The van der Waals surface area contributed by atoms with Gasteiger partial charge in [-0.2, -0.15) is 0 Å². The number of rotatable bonds is 3. The van der Waals surface area contributed by atoms with Gasteiger partial charge in [-0.05, 0) is 61.5 Å². The molecule has 2 saturated carbocycles. The molecule has 0 aromatic heterocycles. The summed E-state index contributed by atoms with van der Waals surface area (Å²) in [6, 6.07) is 8.43. The number of esters is 2. The molecule has 3 aliphatic carbocycles. The van der Waals surface area contributed by atoms with Gasteiger partial charge in [-0.15, -0.1) is 0 Å². The number of nitrogens with zero attached hydrogens (tertiary/aromatic N) is 1. The molecule has 1 aromatic rings. The number of ether oxygens (including phenoxy) is 2. The van der Waals surface area contributed by atoms with E-state index < -0.39 is 11.5 Å². The molecule has 6 heteroatoms. The Kier molecular flexibility index (Phi) is 5.33. The Balaban J connectivity index is 1.54. The van der Waals surface area contributed by atoms with E-state index in [0.29, 0.717) is 12.0 Å². The minimum Gasteiger partial charge on any atom is -0.466 e. The first kappa shape index (κ1) is 23.1. The van der Waals surface area contributed by atoms with Gasteiger partial charge < -0.3 is 14.8 Å². The highest BCUT2D eigenvalue weighted by atomic mass is 16.5. The third-order valence-electron chi connectivity index (χ3n) is 8.90. The number of hydrogen-bond acceptors (Lipinski definition) is 6. The van der Waals surface area contributed by atoms with Crippen LogP contribution in [0.4, 0.5) is 5.69 Å². The Bertz CT molecular complexity index is 1090. The lowest BCUT2D eigenvalue weighted by atomic mass is 9.62. The van der Waals surface area contributed by atoms with Crippen LogP contribution in [0, 0.1) is 36.5 Å². The van der Waals surface area contributed by atoms with E-state index in [1.54, 1.807) is 0 Å². The maximum absolute atomic E-state index is 13.0. The molecule has 2 heterocycles. The van der Waals surface area contributed by atoms with Crippen molar-refractivity contribution in [1.82, 2.24) is 4.90 Å². The predicted octanol–water partition coefficient (Wildman–Crippen LogP) is 4.15. The van der Waals surface area contributed by atoms with E-state index in [1.807, 2.05) is 6.07 Å². The number of nitrogens with one attached hydrogen (secondary N) is 1. The SMILES string of the molecule is COC(=O)C1=C2Nc3ccccc3[C@@]23CCN([C@@H]2[C]4[CH][CH][CH][C]4CCC2(C)C)[C@H]3[C@H](OC(C)=O)C1. The summed E-state index contributed by atoms with van der Waals surface area (Å²) in [5.41, 5.74) is 3.32. The van der Waals surface area contributed by atoms with Gasteiger partial charge in [0.15, 0.2) is 0 Å². The van der Waals surface area contributed by atoms with Crippen molar-refractivity contribution < 1.29 is 19.1 Å². The van der Waals surface area contributed by atoms with Crippen LogP contribution in [0.1, 0.15) is 52.0 Å². The van der Waals surface area contributed by atoms with Crippen molar-refractivity contribution in [3.05, 3.63) is 72.2 Å². The zero-order chi connectivity index (χ0) is 24.5. The molecule has 6 rings (SSSR count). The highest BCUT2D eigenvalue weighted by Gasteiger charge is 2.65. The second kappa shape index (κ2) is 8.09. The van der Waals surface area contributed by atoms with Crippen LogP contribution >= 0.6 is 0 Å². The molecule has 5 aliphatic rings. The zero-order valence-electron chi connectivity index (χ0n) is 20.9. The van der Waals surface area contributed by atoms with Gasteiger partial charge in [0.2, 0.25) is 0 Å². The Hall–Kier alpha value is -2.34. The van der Waals surface area contributed by atoms with Crippen LogP contribution in [0.3, 0.4) is 0 Å². The van der Waals surface area contributed by atoms with Gasteiger partial charge in [0.25, 0.3) is 0 Å². The second-order valence-corrected chi connectivity index (χ2v) is 11.2. The van der Waals surface area contributed by atoms with E-state index in [0.717, 1.165) is 37.2 Å². The first-order valence-corrected chi connectivity index (χ1v) is 12.6. The maximum atomic E-state index is 13.0. The number of hydrogen-bond donors (Lipinski definition) is 1. The van der Waals surface area contributed by atoms with Crippen LogP contribution in [0.15, 0.2) is 35.5 Å². The van der Waals surface area contributed by atoms with Gasteiger partial charge in [0, 0.05) is 43.2 Å². The average molecular weight is 474 g/mol. The molecule has 1 aromatic carbocycles. The molecule has 4 atom stereocenters. The standard InChI is InChI=1S/C29H33N2O4/c1-17(32)35-23-16-20(27(33)34-4)24-29(21-10-5-6-11-22(21)30-24)14-15-31(26(23)29)25-19-9-7-8-18(19)12-13-28(25,2)3/h5-11,23,25-26,30H,12-16H2,1-4H3/t23-,25-,26+,29+/m1/s1. The molecule has 0 bridgehead atoms. The summed E-state index contributed by atoms with van der Waals surface area (Å²) < 4.78 is 11.3. The zero-order valence-corrected chi connectivity index (χ0v) is 20.9. The molecule has 5 radical (unpaired) electrons. The van der Waals surface area contributed by atoms with E-state index in [1.165, 1.54) is 31.4 Å². The van der Waals surface area contributed by atoms with Crippen molar-refractivity contribution in [2.24, 2.45) is 5.41 Å². The van der Waals surface area contributed by atoms with Gasteiger partial charge in [-0.25, -0.2) is 4.79 Å². The Morgan fingerprint density at radius 2 is 1.94 bits per heavy atom. The molecular formula is C29H33N2O4. The number of carbonyl (C=O) groups is 2. The number of benzene rings is 1. The fourth-order valence-electron chi connectivity index (χ4n) is 7.62. The van der Waals surface area contributed by atoms with E-state index in [2.05, 4.69) is 61.5 Å². The van der Waals surface area contributed by atoms with Gasteiger partial charge >= 0.3 is 11.9 Å². The maximum Gasteiger partial charge on any atom is 0.335 e. The average Bonchev–Trinajstić information content (AvgIpc) is 3.53. The number of anilines is 1. The lowest BCUT2D eigenvalue weighted by Crippen LogP contribution is -2.62. The number of para-hydroxylation sites is 1. The number of carbonyl (C=O) groups excluding carboxylic acids is 2. The first-order chi connectivity index (χ1) is 16.8. The topological polar surface area (TPSA) is 67.9 Å². The predicted molar refractivity (Wildman–Crippen MR) is 132 cm³/mol. The Morgan fingerprint density at radius 1 is 1.14 bits per heavy atom. The minimum atomic E-state index is -0.460. The van der Waals surface area contributed by atoms with Crippen molar-refractivity contribution in [2.75, 3.05) is 19.0 Å². The lowest BCUT2D eigenvalue weighted by Gasteiger charge is -2.54. The highest BCUT2D eigenvalue weighted by molar-refractivity contribution is 5.93. The van der Waals surface area contributed by atoms with E-state index in [4.69, 9.17) is 9.47 Å². The Labute approximate surface area is 208 Å². The smallest absolute Gasteiger partial charge is 0.335 e. The van der Waals surface area contributed by atoms with Crippen LogP contribution < -0.4 is 5.32 Å². The van der Waals surface area contributed by atoms with Crippen molar-refractivity contribution in [3.8, 4) is 0 Å².